The van der Waals surface area contributed by atoms with E-state index in [1.807, 2.05) is 13.0 Å². The summed E-state index contributed by atoms with van der Waals surface area (Å²) in [4.78, 5) is 17.4. The van der Waals surface area contributed by atoms with Crippen LogP contribution < -0.4 is 4.90 Å². The van der Waals surface area contributed by atoms with Gasteiger partial charge in [0.15, 0.2) is 0 Å². The van der Waals surface area contributed by atoms with E-state index in [9.17, 15) is 13.2 Å². The summed E-state index contributed by atoms with van der Waals surface area (Å²) in [7, 11) is -2.10. The average Bonchev–Trinajstić information content (AvgIpc) is 3.31. The summed E-state index contributed by atoms with van der Waals surface area (Å²) in [5.41, 5.74) is 3.78. The number of aromatic nitrogens is 2. The Hall–Kier alpha value is -2.39. The van der Waals surface area contributed by atoms with E-state index in [4.69, 9.17) is 0 Å². The predicted molar refractivity (Wildman–Crippen MR) is 134 cm³/mol. The highest BCUT2D eigenvalue weighted by molar-refractivity contribution is 7.89. The van der Waals surface area contributed by atoms with Gasteiger partial charge in [0.1, 0.15) is 0 Å². The van der Waals surface area contributed by atoms with Gasteiger partial charge in [-0.1, -0.05) is 31.4 Å². The van der Waals surface area contributed by atoms with Crippen molar-refractivity contribution in [2.45, 2.75) is 70.5 Å². The smallest absolute Gasteiger partial charge is 0.263 e. The molecule has 186 valence electrons. The minimum atomic E-state index is -3.89. The maximum Gasteiger partial charge on any atom is 0.263 e. The lowest BCUT2D eigenvalue weighted by Gasteiger charge is -2.36. The lowest BCUT2D eigenvalue weighted by atomic mass is 9.94. The van der Waals surface area contributed by atoms with E-state index in [0.29, 0.717) is 32.7 Å². The van der Waals surface area contributed by atoms with Crippen LogP contribution in [0.2, 0.25) is 0 Å². The van der Waals surface area contributed by atoms with E-state index in [2.05, 4.69) is 36.0 Å². The van der Waals surface area contributed by atoms with E-state index in [-0.39, 0.29) is 22.5 Å². The molecule has 1 aliphatic carbocycles. The number of carbonyl (C=O) groups is 1. The monoisotopic (exact) mass is 487 g/mol. The number of benzene rings is 1. The van der Waals surface area contributed by atoms with Gasteiger partial charge in [0, 0.05) is 57.7 Å². The molecule has 2 fully saturated rings. The minimum Gasteiger partial charge on any atom is -0.369 e. The van der Waals surface area contributed by atoms with Crippen LogP contribution in [0.4, 0.5) is 5.69 Å². The number of carbonyl (C=O) groups excluding carboxylic acids is 1. The van der Waals surface area contributed by atoms with Crippen molar-refractivity contribution in [1.82, 2.24) is 19.0 Å². The number of sulfonamides is 1. The van der Waals surface area contributed by atoms with Crippen LogP contribution in [0.15, 0.2) is 29.4 Å². The zero-order valence-electron chi connectivity index (χ0n) is 20.8. The van der Waals surface area contributed by atoms with Gasteiger partial charge in [0.2, 0.25) is 5.03 Å². The molecule has 34 heavy (non-hydrogen) atoms. The van der Waals surface area contributed by atoms with Crippen LogP contribution in [0, 0.1) is 13.8 Å². The summed E-state index contributed by atoms with van der Waals surface area (Å²) in [5.74, 6) is -0.251. The van der Waals surface area contributed by atoms with Crippen molar-refractivity contribution in [3.8, 4) is 0 Å². The van der Waals surface area contributed by atoms with Crippen LogP contribution in [0.5, 0.6) is 0 Å². The molecule has 0 unspecified atom stereocenters. The normalized spacial score (nSPS) is 18.3. The van der Waals surface area contributed by atoms with Crippen molar-refractivity contribution in [3.63, 3.8) is 0 Å². The quantitative estimate of drug-likeness (QED) is 0.624. The predicted octanol–water partition coefficient (Wildman–Crippen LogP) is 3.44. The Labute approximate surface area is 203 Å². The van der Waals surface area contributed by atoms with Crippen LogP contribution in [-0.4, -0.2) is 72.6 Å². The standard InChI is InChI=1S/C25H37N5O3S/c1-5-29-18-22(25(31)27(4)21-11-7-6-8-12-21)24(26-29)34(32,33)30-16-14-28(15-17-30)23-13-9-10-19(2)20(23)3/h9-10,13,18,21H,5-8,11-12,14-17H2,1-4H3. The first kappa shape index (κ1) is 24.7. The van der Waals surface area contributed by atoms with Gasteiger partial charge >= 0.3 is 0 Å². The van der Waals surface area contributed by atoms with Gasteiger partial charge in [-0.15, -0.1) is 0 Å². The molecule has 0 radical (unpaired) electrons. The molecule has 0 atom stereocenters. The maximum absolute atomic E-state index is 13.7. The van der Waals surface area contributed by atoms with Gasteiger partial charge in [0.05, 0.1) is 5.56 Å². The molecular formula is C25H37N5O3S. The first-order valence-electron chi connectivity index (χ1n) is 12.4. The molecule has 0 N–H and O–H groups in total. The Morgan fingerprint density at radius 2 is 1.76 bits per heavy atom. The zero-order chi connectivity index (χ0) is 24.5. The Morgan fingerprint density at radius 1 is 1.09 bits per heavy atom. The molecular weight excluding hydrogens is 450 g/mol. The molecule has 2 aromatic rings. The first-order valence-corrected chi connectivity index (χ1v) is 13.8. The maximum atomic E-state index is 13.7. The van der Waals surface area contributed by atoms with Crippen LogP contribution in [-0.2, 0) is 16.6 Å². The molecule has 0 bridgehead atoms. The Morgan fingerprint density at radius 3 is 2.41 bits per heavy atom. The summed E-state index contributed by atoms with van der Waals surface area (Å²) in [6, 6.07) is 6.38. The summed E-state index contributed by atoms with van der Waals surface area (Å²) in [6.07, 6.45) is 6.93. The molecule has 1 aromatic heterocycles. The van der Waals surface area contributed by atoms with Crippen LogP contribution in [0.25, 0.3) is 0 Å². The number of amides is 1. The third-order valence-electron chi connectivity index (χ3n) is 7.46. The molecule has 2 heterocycles. The van der Waals surface area contributed by atoms with E-state index >= 15 is 0 Å². The Bertz CT molecular complexity index is 1130. The van der Waals surface area contributed by atoms with Crippen molar-refractivity contribution in [2.75, 3.05) is 38.1 Å². The highest BCUT2D eigenvalue weighted by Gasteiger charge is 2.36. The van der Waals surface area contributed by atoms with Crippen molar-refractivity contribution < 1.29 is 13.2 Å². The second-order valence-corrected chi connectivity index (χ2v) is 11.4. The highest BCUT2D eigenvalue weighted by Crippen LogP contribution is 2.28. The molecule has 1 aliphatic heterocycles. The third-order valence-corrected chi connectivity index (χ3v) is 9.30. The minimum absolute atomic E-state index is 0.109. The molecule has 1 amide bonds. The summed E-state index contributed by atoms with van der Waals surface area (Å²) >= 11 is 0. The number of aryl methyl sites for hydroxylation is 2. The average molecular weight is 488 g/mol. The number of piperazine rings is 1. The summed E-state index contributed by atoms with van der Waals surface area (Å²) in [6.45, 7) is 8.52. The van der Waals surface area contributed by atoms with Gasteiger partial charge < -0.3 is 9.80 Å². The van der Waals surface area contributed by atoms with Crippen molar-refractivity contribution in [1.29, 1.82) is 0 Å². The third kappa shape index (κ3) is 4.73. The fourth-order valence-corrected chi connectivity index (χ4v) is 6.61. The lowest BCUT2D eigenvalue weighted by molar-refractivity contribution is 0.0692. The molecule has 2 aliphatic rings. The molecule has 1 aromatic carbocycles. The molecule has 8 nitrogen and oxygen atoms in total. The van der Waals surface area contributed by atoms with E-state index in [0.717, 1.165) is 31.4 Å². The number of rotatable bonds is 6. The molecule has 4 rings (SSSR count). The lowest BCUT2D eigenvalue weighted by Crippen LogP contribution is -2.49. The number of hydrogen-bond acceptors (Lipinski definition) is 5. The van der Waals surface area contributed by atoms with Gasteiger partial charge in [-0.25, -0.2) is 8.42 Å². The molecule has 1 saturated carbocycles. The van der Waals surface area contributed by atoms with Crippen molar-refractivity contribution in [3.05, 3.63) is 41.1 Å². The fraction of sp³-hybridized carbons (Fsp3) is 0.600. The molecule has 1 saturated heterocycles. The second kappa shape index (κ2) is 10.1. The topological polar surface area (TPSA) is 78.8 Å². The number of nitrogens with zero attached hydrogens (tertiary/aromatic N) is 5. The second-order valence-electron chi connectivity index (χ2n) is 9.52. The van der Waals surface area contributed by atoms with Gasteiger partial charge in [-0.2, -0.15) is 9.40 Å². The molecule has 9 heteroatoms. The fourth-order valence-electron chi connectivity index (χ4n) is 5.10. The largest absolute Gasteiger partial charge is 0.369 e. The van der Waals surface area contributed by atoms with Gasteiger partial charge in [-0.05, 0) is 50.8 Å². The van der Waals surface area contributed by atoms with E-state index in [1.165, 1.54) is 21.9 Å². The van der Waals surface area contributed by atoms with Gasteiger partial charge in [-0.3, -0.25) is 9.48 Å². The number of anilines is 1. The van der Waals surface area contributed by atoms with Gasteiger partial charge in [0.25, 0.3) is 15.9 Å². The van der Waals surface area contributed by atoms with E-state index < -0.39 is 10.0 Å². The SMILES string of the molecule is CCn1cc(C(=O)N(C)C2CCCCC2)c(S(=O)(=O)N2CCN(c3cccc(C)c3C)CC2)n1. The van der Waals surface area contributed by atoms with Crippen LogP contribution in [0.1, 0.15) is 60.5 Å². The Balaban J connectivity index is 1.55. The van der Waals surface area contributed by atoms with Crippen molar-refractivity contribution >= 4 is 21.6 Å². The number of hydrogen-bond donors (Lipinski definition) is 0. The van der Waals surface area contributed by atoms with Crippen molar-refractivity contribution in [2.24, 2.45) is 0 Å². The first-order chi connectivity index (χ1) is 16.2. The van der Waals surface area contributed by atoms with Crippen LogP contribution >= 0.6 is 0 Å². The zero-order valence-corrected chi connectivity index (χ0v) is 21.6. The van der Waals surface area contributed by atoms with Crippen LogP contribution in [0.3, 0.4) is 0 Å². The Kier molecular flexibility index (Phi) is 7.33. The summed E-state index contributed by atoms with van der Waals surface area (Å²) in [5, 5.41) is 4.24. The van der Waals surface area contributed by atoms with E-state index in [1.54, 1.807) is 22.8 Å². The molecule has 0 spiro atoms. The summed E-state index contributed by atoms with van der Waals surface area (Å²) < 4.78 is 30.4. The highest BCUT2D eigenvalue weighted by atomic mass is 32.2.